The smallest absolute Gasteiger partial charge is 0.253 e. The Bertz CT molecular complexity index is 918. The van der Waals surface area contributed by atoms with Gasteiger partial charge in [-0.05, 0) is 62.3 Å². The van der Waals surface area contributed by atoms with Crippen LogP contribution < -0.4 is 5.32 Å². The van der Waals surface area contributed by atoms with Crippen molar-refractivity contribution in [1.82, 2.24) is 15.1 Å². The molecule has 2 aromatic carbocycles. The van der Waals surface area contributed by atoms with Crippen LogP contribution in [0, 0.1) is 5.92 Å². The molecule has 0 aromatic heterocycles. The lowest BCUT2D eigenvalue weighted by Gasteiger charge is -2.38. The van der Waals surface area contributed by atoms with Crippen molar-refractivity contribution in [2.75, 3.05) is 26.2 Å². The van der Waals surface area contributed by atoms with Crippen LogP contribution in [0.3, 0.4) is 0 Å². The highest BCUT2D eigenvalue weighted by Gasteiger charge is 2.36. The van der Waals surface area contributed by atoms with E-state index in [1.165, 1.54) is 0 Å². The lowest BCUT2D eigenvalue weighted by Crippen LogP contribution is -2.55. The number of carbonyl (C=O) groups excluding carboxylic acids is 3. The third-order valence-corrected chi connectivity index (χ3v) is 6.58. The number of amides is 3. The fraction of sp³-hybridized carbons (Fsp3) is 0.423. The highest BCUT2D eigenvalue weighted by atomic mass is 16.2. The molecule has 1 atom stereocenters. The third-order valence-electron chi connectivity index (χ3n) is 6.58. The summed E-state index contributed by atoms with van der Waals surface area (Å²) in [6.45, 7) is 2.68. The first kappa shape index (κ1) is 22.1. The van der Waals surface area contributed by atoms with E-state index in [4.69, 9.17) is 0 Å². The van der Waals surface area contributed by atoms with Gasteiger partial charge in [0.1, 0.15) is 6.04 Å². The molecule has 0 aliphatic carbocycles. The van der Waals surface area contributed by atoms with E-state index in [1.54, 1.807) is 12.1 Å². The molecule has 168 valence electrons. The molecule has 3 amide bonds. The van der Waals surface area contributed by atoms with Crippen LogP contribution in [0.4, 0.5) is 0 Å². The van der Waals surface area contributed by atoms with Crippen molar-refractivity contribution in [3.63, 3.8) is 0 Å². The minimum Gasteiger partial charge on any atom is -0.341 e. The Morgan fingerprint density at radius 3 is 1.88 bits per heavy atom. The van der Waals surface area contributed by atoms with Crippen LogP contribution in [0.5, 0.6) is 0 Å². The Hall–Kier alpha value is -3.15. The van der Waals surface area contributed by atoms with Gasteiger partial charge in [0, 0.05) is 37.3 Å². The van der Waals surface area contributed by atoms with Gasteiger partial charge in [0.15, 0.2) is 0 Å². The van der Waals surface area contributed by atoms with Crippen molar-refractivity contribution in [3.8, 4) is 0 Å². The Labute approximate surface area is 189 Å². The number of benzene rings is 2. The second-order valence-corrected chi connectivity index (χ2v) is 8.70. The van der Waals surface area contributed by atoms with Crippen molar-refractivity contribution < 1.29 is 14.4 Å². The van der Waals surface area contributed by atoms with E-state index in [9.17, 15) is 14.4 Å². The first-order valence-corrected chi connectivity index (χ1v) is 11.6. The Kier molecular flexibility index (Phi) is 7.20. The second-order valence-electron chi connectivity index (χ2n) is 8.70. The number of nitrogens with zero attached hydrogens (tertiary/aromatic N) is 2. The lowest BCUT2D eigenvalue weighted by molar-refractivity contribution is -0.136. The number of nitrogens with one attached hydrogen (secondary N) is 1. The van der Waals surface area contributed by atoms with Gasteiger partial charge >= 0.3 is 0 Å². The van der Waals surface area contributed by atoms with Gasteiger partial charge in [-0.3, -0.25) is 14.4 Å². The maximum absolute atomic E-state index is 13.4. The van der Waals surface area contributed by atoms with Gasteiger partial charge in [-0.2, -0.15) is 0 Å². The molecule has 2 aliphatic heterocycles. The highest BCUT2D eigenvalue weighted by Crippen LogP contribution is 2.25. The summed E-state index contributed by atoms with van der Waals surface area (Å²) in [5.74, 6) is -0.168. The molecule has 2 aliphatic rings. The maximum Gasteiger partial charge on any atom is 0.253 e. The third kappa shape index (κ3) is 5.18. The summed E-state index contributed by atoms with van der Waals surface area (Å²) in [4.78, 5) is 42.9. The first-order chi connectivity index (χ1) is 15.6. The Morgan fingerprint density at radius 1 is 0.719 bits per heavy atom. The number of hydrogen-bond acceptors (Lipinski definition) is 3. The van der Waals surface area contributed by atoms with Gasteiger partial charge in [0.2, 0.25) is 5.91 Å². The summed E-state index contributed by atoms with van der Waals surface area (Å²) in [6.07, 6.45) is 4.55. The molecule has 0 unspecified atom stereocenters. The zero-order valence-electron chi connectivity index (χ0n) is 18.4. The van der Waals surface area contributed by atoms with E-state index in [1.807, 2.05) is 58.3 Å². The molecule has 0 spiro atoms. The molecule has 2 fully saturated rings. The number of piperidine rings is 2. The van der Waals surface area contributed by atoms with Crippen LogP contribution in [0.1, 0.15) is 52.8 Å². The molecular weight excluding hydrogens is 402 g/mol. The molecule has 0 radical (unpaired) electrons. The summed E-state index contributed by atoms with van der Waals surface area (Å²) in [7, 11) is 0. The number of likely N-dealkylation sites (tertiary alicyclic amines) is 2. The monoisotopic (exact) mass is 433 g/mol. The van der Waals surface area contributed by atoms with E-state index in [2.05, 4.69) is 5.32 Å². The minimum absolute atomic E-state index is 0.0110. The van der Waals surface area contributed by atoms with Crippen molar-refractivity contribution in [2.45, 2.75) is 38.1 Å². The average molecular weight is 434 g/mol. The predicted octanol–water partition coefficient (Wildman–Crippen LogP) is 3.35. The molecule has 4 rings (SSSR count). The standard InChI is InChI=1S/C26H31N3O3/c30-24(21-10-4-1-5-11-21)27-23(26(32)28-16-8-3-9-17-28)20-14-18-29(19-15-20)25(31)22-12-6-2-7-13-22/h1-2,4-7,10-13,20,23H,3,8-9,14-19H2,(H,27,30)/t23-/m1/s1. The molecule has 2 aromatic rings. The summed E-state index contributed by atoms with van der Waals surface area (Å²) in [5, 5.41) is 3.04. The average Bonchev–Trinajstić information content (AvgIpc) is 2.88. The maximum atomic E-state index is 13.4. The van der Waals surface area contributed by atoms with Gasteiger partial charge in [0.25, 0.3) is 11.8 Å². The molecule has 2 saturated heterocycles. The summed E-state index contributed by atoms with van der Waals surface area (Å²) in [5.41, 5.74) is 1.24. The molecule has 0 bridgehead atoms. The predicted molar refractivity (Wildman–Crippen MR) is 123 cm³/mol. The van der Waals surface area contributed by atoms with Crippen molar-refractivity contribution in [2.24, 2.45) is 5.92 Å². The van der Waals surface area contributed by atoms with E-state index in [-0.39, 0.29) is 23.6 Å². The van der Waals surface area contributed by atoms with Gasteiger partial charge < -0.3 is 15.1 Å². The quantitative estimate of drug-likeness (QED) is 0.786. The van der Waals surface area contributed by atoms with Crippen LogP contribution in [0.2, 0.25) is 0 Å². The highest BCUT2D eigenvalue weighted by molar-refractivity contribution is 5.97. The van der Waals surface area contributed by atoms with Crippen LogP contribution in [-0.2, 0) is 4.79 Å². The first-order valence-electron chi connectivity index (χ1n) is 11.6. The van der Waals surface area contributed by atoms with Crippen LogP contribution in [0.15, 0.2) is 60.7 Å². The normalized spacial score (nSPS) is 18.1. The number of hydrogen-bond donors (Lipinski definition) is 1. The zero-order valence-corrected chi connectivity index (χ0v) is 18.4. The van der Waals surface area contributed by atoms with Gasteiger partial charge in [-0.25, -0.2) is 0 Å². The van der Waals surface area contributed by atoms with Crippen LogP contribution >= 0.6 is 0 Å². The molecule has 32 heavy (non-hydrogen) atoms. The SMILES string of the molecule is O=C(N[C@@H](C(=O)N1CCCCC1)C1CCN(C(=O)c2ccccc2)CC1)c1ccccc1. The van der Waals surface area contributed by atoms with Crippen LogP contribution in [0.25, 0.3) is 0 Å². The topological polar surface area (TPSA) is 69.7 Å². The molecule has 2 heterocycles. The Morgan fingerprint density at radius 2 is 1.28 bits per heavy atom. The van der Waals surface area contributed by atoms with E-state index in [0.717, 1.165) is 32.4 Å². The van der Waals surface area contributed by atoms with Gasteiger partial charge in [-0.1, -0.05) is 36.4 Å². The summed E-state index contributed by atoms with van der Waals surface area (Å²) < 4.78 is 0. The summed E-state index contributed by atoms with van der Waals surface area (Å²) >= 11 is 0. The molecule has 1 N–H and O–H groups in total. The van der Waals surface area contributed by atoms with E-state index < -0.39 is 6.04 Å². The minimum atomic E-state index is -0.560. The lowest BCUT2D eigenvalue weighted by atomic mass is 9.87. The number of rotatable bonds is 5. The molecule has 6 nitrogen and oxygen atoms in total. The summed E-state index contributed by atoms with van der Waals surface area (Å²) in [6, 6.07) is 17.8. The van der Waals surface area contributed by atoms with Gasteiger partial charge in [0.05, 0.1) is 0 Å². The fourth-order valence-corrected chi connectivity index (χ4v) is 4.71. The van der Waals surface area contributed by atoms with Gasteiger partial charge in [-0.15, -0.1) is 0 Å². The van der Waals surface area contributed by atoms with Crippen molar-refractivity contribution >= 4 is 17.7 Å². The zero-order chi connectivity index (χ0) is 22.3. The number of carbonyl (C=O) groups is 3. The second kappa shape index (κ2) is 10.4. The largest absolute Gasteiger partial charge is 0.341 e. The van der Waals surface area contributed by atoms with Crippen molar-refractivity contribution in [3.05, 3.63) is 71.8 Å². The molecule has 6 heteroatoms. The van der Waals surface area contributed by atoms with Crippen molar-refractivity contribution in [1.29, 1.82) is 0 Å². The fourth-order valence-electron chi connectivity index (χ4n) is 4.71. The molecular formula is C26H31N3O3. The Balaban J connectivity index is 1.45. The van der Waals surface area contributed by atoms with Crippen LogP contribution in [-0.4, -0.2) is 59.7 Å². The van der Waals surface area contributed by atoms with E-state index in [0.29, 0.717) is 37.1 Å². The molecule has 0 saturated carbocycles. The van der Waals surface area contributed by atoms with E-state index >= 15 is 0 Å².